The maximum absolute atomic E-state index is 13.4. The van der Waals surface area contributed by atoms with E-state index in [1.54, 1.807) is 17.6 Å². The average Bonchev–Trinajstić information content (AvgIpc) is 3.16. The molecule has 0 radical (unpaired) electrons. The minimum atomic E-state index is -0.775. The summed E-state index contributed by atoms with van der Waals surface area (Å²) < 4.78 is 21.3. The van der Waals surface area contributed by atoms with Gasteiger partial charge in [-0.3, -0.25) is 9.36 Å². The first-order valence-electron chi connectivity index (χ1n) is 11.4. The van der Waals surface area contributed by atoms with E-state index in [-0.39, 0.29) is 11.4 Å². The van der Waals surface area contributed by atoms with Crippen molar-refractivity contribution in [1.29, 1.82) is 0 Å². The predicted octanol–water partition coefficient (Wildman–Crippen LogP) is 3.47. The van der Waals surface area contributed by atoms with E-state index in [1.807, 2.05) is 13.8 Å². The highest BCUT2D eigenvalue weighted by atomic mass is 19.1. The van der Waals surface area contributed by atoms with Gasteiger partial charge in [0.05, 0.1) is 32.4 Å². The van der Waals surface area contributed by atoms with Gasteiger partial charge in [-0.25, -0.2) is 9.37 Å². The van der Waals surface area contributed by atoms with Crippen LogP contribution in [0.4, 0.5) is 4.39 Å². The Morgan fingerprint density at radius 1 is 1.34 bits per heavy atom. The molecule has 4 rings (SSSR count). The molecule has 7 nitrogen and oxygen atoms in total. The van der Waals surface area contributed by atoms with Crippen LogP contribution in [0.5, 0.6) is 0 Å². The van der Waals surface area contributed by atoms with Gasteiger partial charge in [-0.15, -0.1) is 0 Å². The molecule has 1 unspecified atom stereocenters. The number of halogens is 1. The summed E-state index contributed by atoms with van der Waals surface area (Å²) in [6, 6.07) is 4.59. The summed E-state index contributed by atoms with van der Waals surface area (Å²) in [5.74, 6) is 0.403. The van der Waals surface area contributed by atoms with Crippen molar-refractivity contribution in [1.82, 2.24) is 14.7 Å². The molecule has 1 aliphatic rings. The van der Waals surface area contributed by atoms with E-state index in [4.69, 9.17) is 4.52 Å². The van der Waals surface area contributed by atoms with Crippen LogP contribution in [0, 0.1) is 12.7 Å². The minimum Gasteiger partial charge on any atom is -0.385 e. The number of quaternary nitrogens is 1. The molecule has 1 saturated heterocycles. The molecule has 0 bridgehead atoms. The lowest BCUT2D eigenvalue weighted by atomic mass is 9.90. The number of nitrogens with zero attached hydrogens (tertiary/aromatic N) is 4. The van der Waals surface area contributed by atoms with Crippen molar-refractivity contribution < 1.29 is 18.5 Å². The number of likely N-dealkylation sites (N-methyl/N-ethyl adjacent to an activating group) is 1. The molecule has 1 fully saturated rings. The van der Waals surface area contributed by atoms with E-state index in [1.165, 1.54) is 12.1 Å². The van der Waals surface area contributed by atoms with Crippen molar-refractivity contribution in [2.75, 3.05) is 26.7 Å². The molecule has 0 aliphatic carbocycles. The normalized spacial score (nSPS) is 22.4. The van der Waals surface area contributed by atoms with Crippen LogP contribution in [-0.4, -0.2) is 51.0 Å². The van der Waals surface area contributed by atoms with Crippen LogP contribution in [0.1, 0.15) is 61.5 Å². The first-order valence-corrected chi connectivity index (χ1v) is 11.4. The lowest BCUT2D eigenvalue weighted by Gasteiger charge is -2.40. The van der Waals surface area contributed by atoms with Gasteiger partial charge in [0.2, 0.25) is 0 Å². The van der Waals surface area contributed by atoms with E-state index in [9.17, 15) is 14.3 Å². The summed E-state index contributed by atoms with van der Waals surface area (Å²) in [6.07, 6.45) is 1.81. The first-order chi connectivity index (χ1) is 15.2. The topological polar surface area (TPSA) is 81.2 Å². The molecule has 0 spiro atoms. The third-order valence-electron chi connectivity index (χ3n) is 6.97. The highest BCUT2D eigenvalue weighted by Crippen LogP contribution is 2.34. The third kappa shape index (κ3) is 4.21. The number of likely N-dealkylation sites (tertiary alicyclic amines) is 1. The molecule has 32 heavy (non-hydrogen) atoms. The second kappa shape index (κ2) is 8.75. The number of aliphatic hydroxyl groups is 1. The Balaban J connectivity index is 1.46. The zero-order valence-electron chi connectivity index (χ0n) is 19.3. The van der Waals surface area contributed by atoms with Crippen molar-refractivity contribution in [2.45, 2.75) is 58.6 Å². The van der Waals surface area contributed by atoms with Crippen LogP contribution >= 0.6 is 0 Å². The van der Waals surface area contributed by atoms with Gasteiger partial charge < -0.3 is 14.1 Å². The molecule has 1 aromatic carbocycles. The summed E-state index contributed by atoms with van der Waals surface area (Å²) in [4.78, 5) is 17.6. The van der Waals surface area contributed by atoms with Crippen molar-refractivity contribution in [3.63, 3.8) is 0 Å². The van der Waals surface area contributed by atoms with Crippen LogP contribution in [0.15, 0.2) is 27.5 Å². The SMILES string of the molecule is CCn1c(C(C)O)nc(C)c(CC[N+]2(C)CCC(c3noc4cc(F)ccc34)CC2)c1=O. The lowest BCUT2D eigenvalue weighted by Crippen LogP contribution is -2.51. The van der Waals surface area contributed by atoms with Gasteiger partial charge in [0.1, 0.15) is 17.7 Å². The molecule has 3 heterocycles. The van der Waals surface area contributed by atoms with E-state index < -0.39 is 6.10 Å². The molecule has 172 valence electrons. The van der Waals surface area contributed by atoms with Crippen LogP contribution in [-0.2, 0) is 13.0 Å². The third-order valence-corrected chi connectivity index (χ3v) is 6.97. The molecule has 0 saturated carbocycles. The van der Waals surface area contributed by atoms with Crippen molar-refractivity contribution in [3.8, 4) is 0 Å². The fraction of sp³-hybridized carbons (Fsp3) is 0.542. The largest absolute Gasteiger partial charge is 0.385 e. The van der Waals surface area contributed by atoms with E-state index in [2.05, 4.69) is 17.2 Å². The van der Waals surface area contributed by atoms with E-state index in [0.29, 0.717) is 36.0 Å². The number of aliphatic hydroxyl groups excluding tert-OH is 1. The number of benzene rings is 1. The molecule has 1 atom stereocenters. The fourth-order valence-electron chi connectivity index (χ4n) is 4.93. The van der Waals surface area contributed by atoms with Gasteiger partial charge in [0.15, 0.2) is 5.58 Å². The van der Waals surface area contributed by atoms with Crippen molar-refractivity contribution in [2.24, 2.45) is 0 Å². The maximum atomic E-state index is 13.4. The Labute approximate surface area is 187 Å². The van der Waals surface area contributed by atoms with Crippen LogP contribution in [0.2, 0.25) is 0 Å². The van der Waals surface area contributed by atoms with Gasteiger partial charge in [-0.05, 0) is 32.9 Å². The average molecular weight is 444 g/mol. The van der Waals surface area contributed by atoms with Gasteiger partial charge in [0, 0.05) is 54.4 Å². The Morgan fingerprint density at radius 2 is 2.06 bits per heavy atom. The maximum Gasteiger partial charge on any atom is 0.257 e. The molecule has 1 aliphatic heterocycles. The molecule has 3 aromatic rings. The van der Waals surface area contributed by atoms with Gasteiger partial charge in [-0.1, -0.05) is 5.16 Å². The number of aromatic nitrogens is 3. The lowest BCUT2D eigenvalue weighted by molar-refractivity contribution is -0.914. The van der Waals surface area contributed by atoms with Crippen LogP contribution in [0.25, 0.3) is 11.0 Å². The number of piperidine rings is 1. The summed E-state index contributed by atoms with van der Waals surface area (Å²) in [6.45, 7) is 8.68. The van der Waals surface area contributed by atoms with E-state index in [0.717, 1.165) is 53.6 Å². The summed E-state index contributed by atoms with van der Waals surface area (Å²) in [5.41, 5.74) is 2.82. The standard InChI is InChI=1S/C24H32FN4O3/c1-5-28-23(16(3)30)26-15(2)19(24(28)31)10-13-29(4)11-8-17(9-12-29)22-20-7-6-18(25)14-21(20)32-27-22/h6-7,14,16-17,30H,5,8-13H2,1-4H3/q+1. The molecular weight excluding hydrogens is 411 g/mol. The van der Waals surface area contributed by atoms with Gasteiger partial charge in [-0.2, -0.15) is 0 Å². The number of hydrogen-bond donors (Lipinski definition) is 1. The highest BCUT2D eigenvalue weighted by molar-refractivity contribution is 5.79. The highest BCUT2D eigenvalue weighted by Gasteiger charge is 2.33. The van der Waals surface area contributed by atoms with E-state index >= 15 is 0 Å². The van der Waals surface area contributed by atoms with Crippen LogP contribution in [0.3, 0.4) is 0 Å². The van der Waals surface area contributed by atoms with Crippen LogP contribution < -0.4 is 5.56 Å². The smallest absolute Gasteiger partial charge is 0.257 e. The predicted molar refractivity (Wildman–Crippen MR) is 120 cm³/mol. The Bertz CT molecular complexity index is 1180. The van der Waals surface area contributed by atoms with Crippen molar-refractivity contribution >= 4 is 11.0 Å². The second-order valence-electron chi connectivity index (χ2n) is 9.28. The first kappa shape index (κ1) is 22.6. The molecule has 8 heteroatoms. The van der Waals surface area contributed by atoms with Crippen molar-refractivity contribution in [3.05, 3.63) is 57.1 Å². The number of rotatable bonds is 6. The Hall–Kier alpha value is -2.58. The summed E-state index contributed by atoms with van der Waals surface area (Å²) in [7, 11) is 2.23. The minimum absolute atomic E-state index is 0.0429. The number of aryl methyl sites for hydroxylation is 1. The fourth-order valence-corrected chi connectivity index (χ4v) is 4.93. The molecule has 2 aromatic heterocycles. The molecule has 0 amide bonds. The molecular formula is C24H32FN4O3+. The van der Waals surface area contributed by atoms with Gasteiger partial charge in [0.25, 0.3) is 5.56 Å². The number of fused-ring (bicyclic) bond motifs is 1. The molecule has 1 N–H and O–H groups in total. The Kier molecular flexibility index (Phi) is 6.18. The van der Waals surface area contributed by atoms with Gasteiger partial charge >= 0.3 is 0 Å². The zero-order valence-corrected chi connectivity index (χ0v) is 19.3. The summed E-state index contributed by atoms with van der Waals surface area (Å²) in [5, 5.41) is 15.1. The second-order valence-corrected chi connectivity index (χ2v) is 9.28. The quantitative estimate of drug-likeness (QED) is 0.590. The summed E-state index contributed by atoms with van der Waals surface area (Å²) >= 11 is 0. The Morgan fingerprint density at radius 3 is 2.72 bits per heavy atom. The zero-order chi connectivity index (χ0) is 23.0. The number of hydrogen-bond acceptors (Lipinski definition) is 5. The monoisotopic (exact) mass is 443 g/mol.